The summed E-state index contributed by atoms with van der Waals surface area (Å²) >= 11 is 0. The third-order valence-electron chi connectivity index (χ3n) is 2.22. The van der Waals surface area contributed by atoms with Crippen molar-refractivity contribution in [3.63, 3.8) is 0 Å². The molecule has 1 unspecified atom stereocenters. The average molecular weight is 190 g/mol. The van der Waals surface area contributed by atoms with Crippen molar-refractivity contribution in [2.45, 2.75) is 26.2 Å². The molecule has 0 nitrogen and oxygen atoms in total. The van der Waals surface area contributed by atoms with Crippen LogP contribution in [0.2, 0.25) is 0 Å². The molecule has 0 N–H and O–H groups in total. The van der Waals surface area contributed by atoms with Gasteiger partial charge in [-0.1, -0.05) is 26.0 Å². The second-order valence-electron chi connectivity index (χ2n) is 3.32. The second kappa shape index (κ2) is 3.56. The molecule has 0 heterocycles. The molecule has 74 valence electrons. The summed E-state index contributed by atoms with van der Waals surface area (Å²) in [6, 6.07) is 0. The van der Waals surface area contributed by atoms with Gasteiger partial charge in [-0.2, -0.15) is 0 Å². The molecule has 13 heavy (non-hydrogen) atoms. The van der Waals surface area contributed by atoms with Crippen LogP contribution in [0.25, 0.3) is 0 Å². The van der Waals surface area contributed by atoms with Crippen LogP contribution in [0.15, 0.2) is 23.3 Å². The van der Waals surface area contributed by atoms with Crippen molar-refractivity contribution in [3.8, 4) is 0 Å². The molecule has 0 aromatic carbocycles. The van der Waals surface area contributed by atoms with E-state index in [1.165, 1.54) is 13.0 Å². The van der Waals surface area contributed by atoms with Crippen molar-refractivity contribution in [2.75, 3.05) is 6.67 Å². The summed E-state index contributed by atoms with van der Waals surface area (Å²) < 4.78 is 38.7. The van der Waals surface area contributed by atoms with Gasteiger partial charge < -0.3 is 0 Å². The molecule has 0 aromatic heterocycles. The predicted octanol–water partition coefficient (Wildman–Crippen LogP) is 3.50. The molecule has 0 aliphatic heterocycles. The van der Waals surface area contributed by atoms with Gasteiger partial charge in [0.25, 0.3) is 5.92 Å². The lowest BCUT2D eigenvalue weighted by molar-refractivity contribution is 0.0394. The lowest BCUT2D eigenvalue weighted by Gasteiger charge is -2.17. The largest absolute Gasteiger partial charge is 0.273 e. The molecule has 0 bridgehead atoms. The number of hydrogen-bond donors (Lipinski definition) is 0. The topological polar surface area (TPSA) is 0 Å². The van der Waals surface area contributed by atoms with E-state index in [0.717, 1.165) is 0 Å². The van der Waals surface area contributed by atoms with Gasteiger partial charge in [0.2, 0.25) is 0 Å². The molecule has 3 heteroatoms. The van der Waals surface area contributed by atoms with Crippen molar-refractivity contribution in [1.82, 2.24) is 0 Å². The zero-order valence-electron chi connectivity index (χ0n) is 7.78. The highest BCUT2D eigenvalue weighted by Gasteiger charge is 2.36. The van der Waals surface area contributed by atoms with E-state index in [2.05, 4.69) is 0 Å². The first-order chi connectivity index (χ1) is 6.01. The molecule has 0 fully saturated rings. The third kappa shape index (κ3) is 1.95. The molecule has 1 rings (SSSR count). The smallest absolute Gasteiger partial charge is 0.246 e. The summed E-state index contributed by atoms with van der Waals surface area (Å²) in [4.78, 5) is 0. The van der Waals surface area contributed by atoms with E-state index in [1.54, 1.807) is 13.0 Å². The van der Waals surface area contributed by atoms with Crippen molar-refractivity contribution in [2.24, 2.45) is 5.92 Å². The van der Waals surface area contributed by atoms with E-state index in [1.807, 2.05) is 0 Å². The van der Waals surface area contributed by atoms with Crippen LogP contribution >= 0.6 is 0 Å². The Morgan fingerprint density at radius 2 is 2.00 bits per heavy atom. The molecule has 1 aliphatic carbocycles. The van der Waals surface area contributed by atoms with E-state index in [9.17, 15) is 13.2 Å². The Bertz CT molecular complexity index is 251. The standard InChI is InChI=1S/C10H13F3/c1-3-10(12,13)9-5-7(2)4-8(9)6-11/h4-5,7H,3,6H2,1-2H3. The Labute approximate surface area is 76.1 Å². The minimum atomic E-state index is -2.87. The minimum Gasteiger partial charge on any atom is -0.246 e. The van der Waals surface area contributed by atoms with Gasteiger partial charge in [0.05, 0.1) is 0 Å². The number of allylic oxidation sites excluding steroid dienone is 4. The van der Waals surface area contributed by atoms with E-state index in [4.69, 9.17) is 0 Å². The lowest BCUT2D eigenvalue weighted by atomic mass is 10.0. The average Bonchev–Trinajstić information content (AvgIpc) is 2.47. The monoisotopic (exact) mass is 190 g/mol. The van der Waals surface area contributed by atoms with E-state index in [0.29, 0.717) is 0 Å². The summed E-state index contributed by atoms with van der Waals surface area (Å²) in [6.45, 7) is 2.37. The molecular formula is C10H13F3. The van der Waals surface area contributed by atoms with Crippen LogP contribution in [0.1, 0.15) is 20.3 Å². The third-order valence-corrected chi connectivity index (χ3v) is 2.22. The molecule has 0 aromatic rings. The molecule has 0 saturated carbocycles. The zero-order chi connectivity index (χ0) is 10.1. The molecule has 0 saturated heterocycles. The molecule has 0 radical (unpaired) electrons. The Hall–Kier alpha value is -0.730. The first kappa shape index (κ1) is 10.4. The second-order valence-corrected chi connectivity index (χ2v) is 3.32. The Morgan fingerprint density at radius 3 is 2.46 bits per heavy atom. The molecule has 1 atom stereocenters. The van der Waals surface area contributed by atoms with Crippen molar-refractivity contribution in [3.05, 3.63) is 23.3 Å². The highest BCUT2D eigenvalue weighted by molar-refractivity contribution is 5.43. The van der Waals surface area contributed by atoms with Crippen LogP contribution in [0, 0.1) is 5.92 Å². The maximum atomic E-state index is 13.2. The molecule has 0 spiro atoms. The molecule has 0 amide bonds. The van der Waals surface area contributed by atoms with Crippen molar-refractivity contribution < 1.29 is 13.2 Å². The normalized spacial score (nSPS) is 23.0. The summed E-state index contributed by atoms with van der Waals surface area (Å²) in [5, 5.41) is 0. The van der Waals surface area contributed by atoms with Gasteiger partial charge in [-0.05, 0) is 11.5 Å². The summed E-state index contributed by atoms with van der Waals surface area (Å²) in [5.41, 5.74) is 0.0318. The fourth-order valence-corrected chi connectivity index (χ4v) is 1.49. The summed E-state index contributed by atoms with van der Waals surface area (Å²) in [7, 11) is 0. The first-order valence-electron chi connectivity index (χ1n) is 4.38. The van der Waals surface area contributed by atoms with Crippen molar-refractivity contribution in [1.29, 1.82) is 0 Å². The van der Waals surface area contributed by atoms with Gasteiger partial charge in [0.1, 0.15) is 6.67 Å². The highest BCUT2D eigenvalue weighted by atomic mass is 19.3. The Morgan fingerprint density at radius 1 is 1.38 bits per heavy atom. The van der Waals surface area contributed by atoms with Crippen LogP contribution < -0.4 is 0 Å². The predicted molar refractivity (Wildman–Crippen MR) is 46.5 cm³/mol. The number of halogens is 3. The van der Waals surface area contributed by atoms with Gasteiger partial charge in [-0.25, -0.2) is 13.2 Å². The van der Waals surface area contributed by atoms with Gasteiger partial charge in [-0.3, -0.25) is 0 Å². The fraction of sp³-hybridized carbons (Fsp3) is 0.600. The SMILES string of the molecule is CCC(F)(F)C1=CC(C)C=C1CF. The van der Waals surface area contributed by atoms with Crippen LogP contribution in [0.3, 0.4) is 0 Å². The highest BCUT2D eigenvalue weighted by Crippen LogP contribution is 2.37. The first-order valence-corrected chi connectivity index (χ1v) is 4.38. The molecular weight excluding hydrogens is 177 g/mol. The number of hydrogen-bond acceptors (Lipinski definition) is 0. The van der Waals surface area contributed by atoms with Crippen LogP contribution in [0.4, 0.5) is 13.2 Å². The Balaban J connectivity index is 2.93. The van der Waals surface area contributed by atoms with Crippen LogP contribution in [0.5, 0.6) is 0 Å². The lowest BCUT2D eigenvalue weighted by Crippen LogP contribution is -2.19. The minimum absolute atomic E-state index is 0.0711. The number of alkyl halides is 3. The van der Waals surface area contributed by atoms with Gasteiger partial charge >= 0.3 is 0 Å². The van der Waals surface area contributed by atoms with Crippen LogP contribution in [-0.4, -0.2) is 12.6 Å². The van der Waals surface area contributed by atoms with Gasteiger partial charge in [-0.15, -0.1) is 0 Å². The van der Waals surface area contributed by atoms with Crippen LogP contribution in [-0.2, 0) is 0 Å². The van der Waals surface area contributed by atoms with Gasteiger partial charge in [0, 0.05) is 12.0 Å². The van der Waals surface area contributed by atoms with E-state index >= 15 is 0 Å². The van der Waals surface area contributed by atoms with E-state index in [-0.39, 0.29) is 23.5 Å². The van der Waals surface area contributed by atoms with Crippen molar-refractivity contribution >= 4 is 0 Å². The van der Waals surface area contributed by atoms with E-state index < -0.39 is 12.6 Å². The quantitative estimate of drug-likeness (QED) is 0.638. The Kier molecular flexibility index (Phi) is 2.84. The molecule has 1 aliphatic rings. The maximum Gasteiger partial charge on any atom is 0.273 e. The summed E-state index contributed by atoms with van der Waals surface area (Å²) in [6.07, 6.45) is 2.72. The summed E-state index contributed by atoms with van der Waals surface area (Å²) in [5.74, 6) is -2.94. The fourth-order valence-electron chi connectivity index (χ4n) is 1.49. The number of rotatable bonds is 3. The zero-order valence-corrected chi connectivity index (χ0v) is 7.78. The van der Waals surface area contributed by atoms with Gasteiger partial charge in [0.15, 0.2) is 0 Å². The maximum absolute atomic E-state index is 13.2.